The molecule has 120 valence electrons. The van der Waals surface area contributed by atoms with Crippen LogP contribution in [0.4, 0.5) is 0 Å². The number of carbonyl (C=O) groups is 1. The van der Waals surface area contributed by atoms with E-state index in [4.69, 9.17) is 4.52 Å². The minimum atomic E-state index is -0.113. The smallest absolute Gasteiger partial charge is 0.230 e. The van der Waals surface area contributed by atoms with Gasteiger partial charge in [-0.3, -0.25) is 4.79 Å². The molecule has 0 saturated heterocycles. The summed E-state index contributed by atoms with van der Waals surface area (Å²) in [4.78, 5) is 21.7. The largest absolute Gasteiger partial charge is 0.339 e. The number of Topliss-reactive ketones (excluding diaryl/α,β-unsaturated/α-hetero) is 1. The number of rotatable bonds is 2. The first-order chi connectivity index (χ1) is 11.7. The number of aromatic nitrogens is 4. The Bertz CT molecular complexity index is 952. The number of benzene rings is 1. The van der Waals surface area contributed by atoms with E-state index >= 15 is 0 Å². The van der Waals surface area contributed by atoms with Crippen molar-refractivity contribution in [3.8, 4) is 17.2 Å². The molecule has 1 fully saturated rings. The highest BCUT2D eigenvalue weighted by Crippen LogP contribution is 2.40. The predicted octanol–water partition coefficient (Wildman–Crippen LogP) is 3.17. The van der Waals surface area contributed by atoms with Crippen LogP contribution in [0.15, 0.2) is 35.1 Å². The summed E-state index contributed by atoms with van der Waals surface area (Å²) in [5.74, 6) is 1.67. The molecule has 6 nitrogen and oxygen atoms in total. The molecule has 1 saturated carbocycles. The van der Waals surface area contributed by atoms with E-state index < -0.39 is 0 Å². The van der Waals surface area contributed by atoms with Crippen LogP contribution in [0.1, 0.15) is 47.6 Å². The molecule has 24 heavy (non-hydrogen) atoms. The maximum atomic E-state index is 12.7. The first-order valence-corrected chi connectivity index (χ1v) is 8.26. The van der Waals surface area contributed by atoms with Crippen LogP contribution in [0.3, 0.4) is 0 Å². The summed E-state index contributed by atoms with van der Waals surface area (Å²) in [6, 6.07) is 7.66. The summed E-state index contributed by atoms with van der Waals surface area (Å²) in [5.41, 5.74) is 3.27. The van der Waals surface area contributed by atoms with Gasteiger partial charge in [-0.1, -0.05) is 24.2 Å². The van der Waals surface area contributed by atoms with Gasteiger partial charge in [0.25, 0.3) is 0 Å². The summed E-state index contributed by atoms with van der Waals surface area (Å²) in [6.45, 7) is 1.96. The summed E-state index contributed by atoms with van der Waals surface area (Å²) >= 11 is 0. The van der Waals surface area contributed by atoms with Crippen molar-refractivity contribution in [2.45, 2.75) is 32.1 Å². The van der Waals surface area contributed by atoms with Crippen LogP contribution in [0.2, 0.25) is 0 Å². The van der Waals surface area contributed by atoms with Crippen LogP contribution < -0.4 is 0 Å². The van der Waals surface area contributed by atoms with Crippen molar-refractivity contribution < 1.29 is 9.32 Å². The average Bonchev–Trinajstić information content (AvgIpc) is 3.22. The van der Waals surface area contributed by atoms with Crippen LogP contribution in [-0.2, 0) is 6.42 Å². The van der Waals surface area contributed by atoms with Gasteiger partial charge in [0.1, 0.15) is 12.0 Å². The van der Waals surface area contributed by atoms with Crippen molar-refractivity contribution >= 4 is 5.78 Å². The third-order valence-corrected chi connectivity index (χ3v) is 4.82. The van der Waals surface area contributed by atoms with Crippen molar-refractivity contribution in [3.63, 3.8) is 0 Å². The zero-order chi connectivity index (χ0) is 16.3. The number of nitrogens with zero attached hydrogens (tertiary/aromatic N) is 4. The third-order valence-electron chi connectivity index (χ3n) is 4.82. The Morgan fingerprint density at radius 1 is 1.25 bits per heavy atom. The zero-order valence-corrected chi connectivity index (χ0v) is 13.3. The number of hydrogen-bond acceptors (Lipinski definition) is 5. The Morgan fingerprint density at radius 2 is 2.08 bits per heavy atom. The van der Waals surface area contributed by atoms with E-state index in [0.717, 1.165) is 29.8 Å². The lowest BCUT2D eigenvalue weighted by molar-refractivity contribution is 0.0931. The van der Waals surface area contributed by atoms with Gasteiger partial charge in [-0.2, -0.15) is 4.98 Å². The SMILES string of the molecule is CC1Cc2c(-c3noc(C4CC4)n3)ncn2-c2ccccc2C1=O. The van der Waals surface area contributed by atoms with Crippen LogP contribution >= 0.6 is 0 Å². The number of hydrogen-bond donors (Lipinski definition) is 0. The van der Waals surface area contributed by atoms with Crippen LogP contribution in [0.5, 0.6) is 0 Å². The molecule has 2 aliphatic rings. The maximum Gasteiger partial charge on any atom is 0.230 e. The fourth-order valence-electron chi connectivity index (χ4n) is 3.33. The van der Waals surface area contributed by atoms with E-state index in [9.17, 15) is 4.79 Å². The van der Waals surface area contributed by atoms with E-state index in [1.54, 1.807) is 6.33 Å². The molecule has 0 radical (unpaired) electrons. The van der Waals surface area contributed by atoms with Gasteiger partial charge in [0, 0.05) is 23.8 Å². The van der Waals surface area contributed by atoms with Crippen molar-refractivity contribution in [2.24, 2.45) is 5.92 Å². The standard InChI is InChI=1S/C18H16N4O2/c1-10-8-14-15(17-20-18(24-21-17)11-6-7-11)19-9-22(14)13-5-3-2-4-12(13)16(10)23/h2-5,9-11H,6-8H2,1H3. The molecule has 3 heterocycles. The lowest BCUT2D eigenvalue weighted by Crippen LogP contribution is -2.12. The molecular formula is C18H16N4O2. The number of carbonyl (C=O) groups excluding carboxylic acids is 1. The van der Waals surface area contributed by atoms with Gasteiger partial charge in [-0.25, -0.2) is 4.98 Å². The second kappa shape index (κ2) is 4.87. The van der Waals surface area contributed by atoms with E-state index in [-0.39, 0.29) is 11.7 Å². The van der Waals surface area contributed by atoms with Gasteiger partial charge in [-0.05, 0) is 25.0 Å². The molecule has 0 spiro atoms. The number of imidazole rings is 1. The Kier molecular flexibility index (Phi) is 2.77. The van der Waals surface area contributed by atoms with Gasteiger partial charge in [0.05, 0.1) is 11.4 Å². The molecule has 0 amide bonds. The highest BCUT2D eigenvalue weighted by Gasteiger charge is 2.32. The molecule has 1 atom stereocenters. The molecule has 0 N–H and O–H groups in total. The number of ketones is 1. The second-order valence-corrected chi connectivity index (χ2v) is 6.63. The molecule has 1 aromatic carbocycles. The average molecular weight is 320 g/mol. The molecule has 2 aromatic heterocycles. The van der Waals surface area contributed by atoms with Crippen LogP contribution in [0.25, 0.3) is 17.2 Å². The fraction of sp³-hybridized carbons (Fsp3) is 0.333. The van der Waals surface area contributed by atoms with Crippen molar-refractivity contribution in [2.75, 3.05) is 0 Å². The number of para-hydroxylation sites is 1. The summed E-state index contributed by atoms with van der Waals surface area (Å²) in [7, 11) is 0. The van der Waals surface area contributed by atoms with Gasteiger partial charge in [0.15, 0.2) is 5.78 Å². The second-order valence-electron chi connectivity index (χ2n) is 6.63. The Hall–Kier alpha value is -2.76. The monoisotopic (exact) mass is 320 g/mol. The molecule has 1 aliphatic heterocycles. The molecule has 6 heteroatoms. The first kappa shape index (κ1) is 13.7. The fourth-order valence-corrected chi connectivity index (χ4v) is 3.33. The Labute approximate surface area is 138 Å². The van der Waals surface area contributed by atoms with Gasteiger partial charge >= 0.3 is 0 Å². The third kappa shape index (κ3) is 1.95. The van der Waals surface area contributed by atoms with E-state index in [2.05, 4.69) is 15.1 Å². The summed E-state index contributed by atoms with van der Waals surface area (Å²) < 4.78 is 7.36. The molecular weight excluding hydrogens is 304 g/mol. The Morgan fingerprint density at radius 3 is 2.92 bits per heavy atom. The van der Waals surface area contributed by atoms with Gasteiger partial charge in [-0.15, -0.1) is 0 Å². The highest BCUT2D eigenvalue weighted by atomic mass is 16.5. The van der Waals surface area contributed by atoms with E-state index in [1.807, 2.05) is 35.8 Å². The van der Waals surface area contributed by atoms with Crippen molar-refractivity contribution in [1.29, 1.82) is 0 Å². The molecule has 3 aromatic rings. The quantitative estimate of drug-likeness (QED) is 0.725. The molecule has 5 rings (SSSR count). The minimum absolute atomic E-state index is 0.113. The zero-order valence-electron chi connectivity index (χ0n) is 13.3. The Balaban J connectivity index is 1.67. The highest BCUT2D eigenvalue weighted by molar-refractivity contribution is 6.01. The van der Waals surface area contributed by atoms with E-state index in [1.165, 1.54) is 0 Å². The topological polar surface area (TPSA) is 73.8 Å². The number of fused-ring (bicyclic) bond motifs is 3. The summed E-state index contributed by atoms with van der Waals surface area (Å²) in [5, 5.41) is 4.11. The van der Waals surface area contributed by atoms with Gasteiger partial charge in [0.2, 0.25) is 11.7 Å². The van der Waals surface area contributed by atoms with Crippen LogP contribution in [-0.4, -0.2) is 25.5 Å². The minimum Gasteiger partial charge on any atom is -0.339 e. The lowest BCUT2D eigenvalue weighted by atomic mass is 9.95. The normalized spacial score (nSPS) is 19.7. The van der Waals surface area contributed by atoms with Gasteiger partial charge < -0.3 is 9.09 Å². The molecule has 0 bridgehead atoms. The van der Waals surface area contributed by atoms with Crippen molar-refractivity contribution in [1.82, 2.24) is 19.7 Å². The predicted molar refractivity (Wildman–Crippen MR) is 86.0 cm³/mol. The maximum absolute atomic E-state index is 12.7. The van der Waals surface area contributed by atoms with Crippen molar-refractivity contribution in [3.05, 3.63) is 47.7 Å². The first-order valence-electron chi connectivity index (χ1n) is 8.26. The molecule has 1 aliphatic carbocycles. The molecule has 1 unspecified atom stereocenters. The van der Waals surface area contributed by atoms with Crippen LogP contribution in [0, 0.1) is 5.92 Å². The van der Waals surface area contributed by atoms with E-state index in [0.29, 0.717) is 29.7 Å². The lowest BCUT2D eigenvalue weighted by Gasteiger charge is -2.07. The summed E-state index contributed by atoms with van der Waals surface area (Å²) in [6.07, 6.45) is 4.59.